The van der Waals surface area contributed by atoms with Crippen LogP contribution in [-0.4, -0.2) is 12.6 Å². The van der Waals surface area contributed by atoms with E-state index < -0.39 is 0 Å². The number of esters is 1. The topological polar surface area (TPSA) is 26.3 Å². The Labute approximate surface area is 92.7 Å². The van der Waals surface area contributed by atoms with Gasteiger partial charge in [0.15, 0.2) is 0 Å². The van der Waals surface area contributed by atoms with E-state index in [9.17, 15) is 4.79 Å². The Morgan fingerprint density at radius 3 is 2.27 bits per heavy atom. The molecule has 0 aromatic carbocycles. The summed E-state index contributed by atoms with van der Waals surface area (Å²) >= 11 is 0. The molecule has 0 amide bonds. The van der Waals surface area contributed by atoms with E-state index in [4.69, 9.17) is 4.74 Å². The van der Waals surface area contributed by atoms with Crippen LogP contribution in [0.1, 0.15) is 57.8 Å². The van der Waals surface area contributed by atoms with Gasteiger partial charge in [0, 0.05) is 6.42 Å². The van der Waals surface area contributed by atoms with Gasteiger partial charge in [-0.25, -0.2) is 0 Å². The van der Waals surface area contributed by atoms with Gasteiger partial charge in [-0.15, -0.1) is 0 Å². The van der Waals surface area contributed by atoms with Gasteiger partial charge in [-0.05, 0) is 44.9 Å². The van der Waals surface area contributed by atoms with Gasteiger partial charge in [-0.2, -0.15) is 0 Å². The van der Waals surface area contributed by atoms with Gasteiger partial charge in [-0.3, -0.25) is 4.79 Å². The largest absolute Gasteiger partial charge is 0.466 e. The molecule has 2 nitrogen and oxygen atoms in total. The molecule has 0 atom stereocenters. The van der Waals surface area contributed by atoms with E-state index in [2.05, 4.69) is 12.2 Å². The summed E-state index contributed by atoms with van der Waals surface area (Å²) in [6, 6.07) is 0. The molecule has 0 N–H and O–H groups in total. The lowest BCUT2D eigenvalue weighted by molar-refractivity contribution is -0.143. The monoisotopic (exact) mass is 210 g/mol. The maximum absolute atomic E-state index is 11.2. The van der Waals surface area contributed by atoms with Gasteiger partial charge in [0.1, 0.15) is 0 Å². The smallest absolute Gasteiger partial charge is 0.305 e. The highest BCUT2D eigenvalue weighted by Crippen LogP contribution is 2.08. The third-order valence-electron chi connectivity index (χ3n) is 2.70. The Morgan fingerprint density at radius 1 is 0.867 bits per heavy atom. The quantitative estimate of drug-likeness (QED) is 0.451. The lowest BCUT2D eigenvalue weighted by atomic mass is 10.1. The molecule has 1 rings (SSSR count). The van der Waals surface area contributed by atoms with E-state index in [1.165, 1.54) is 19.3 Å². The molecule has 0 fully saturated rings. The maximum Gasteiger partial charge on any atom is 0.305 e. The molecule has 2 heteroatoms. The number of cyclic esters (lactones) is 1. The van der Waals surface area contributed by atoms with Crippen molar-refractivity contribution < 1.29 is 9.53 Å². The molecule has 15 heavy (non-hydrogen) atoms. The fraction of sp³-hybridized carbons (Fsp3) is 0.769. The first-order chi connectivity index (χ1) is 7.39. The van der Waals surface area contributed by atoms with Gasteiger partial charge in [-0.1, -0.05) is 18.6 Å². The van der Waals surface area contributed by atoms with Gasteiger partial charge in [0.2, 0.25) is 0 Å². The summed E-state index contributed by atoms with van der Waals surface area (Å²) in [5, 5.41) is 0. The van der Waals surface area contributed by atoms with E-state index in [0.717, 1.165) is 32.1 Å². The first kappa shape index (κ1) is 12.3. The zero-order chi connectivity index (χ0) is 10.8. The summed E-state index contributed by atoms with van der Waals surface area (Å²) in [7, 11) is 0. The molecule has 0 saturated carbocycles. The number of allylic oxidation sites excluding steroid dienone is 2. The van der Waals surface area contributed by atoms with E-state index in [1.807, 2.05) is 0 Å². The zero-order valence-electron chi connectivity index (χ0n) is 9.54. The van der Waals surface area contributed by atoms with Gasteiger partial charge in [0.25, 0.3) is 0 Å². The van der Waals surface area contributed by atoms with Crippen LogP contribution in [0.2, 0.25) is 0 Å². The van der Waals surface area contributed by atoms with Gasteiger partial charge in [0.05, 0.1) is 6.61 Å². The third-order valence-corrected chi connectivity index (χ3v) is 2.70. The molecule has 0 bridgehead atoms. The van der Waals surface area contributed by atoms with E-state index in [1.54, 1.807) is 0 Å². The Morgan fingerprint density at radius 2 is 1.53 bits per heavy atom. The second kappa shape index (κ2) is 8.51. The molecule has 0 radical (unpaired) electrons. The SMILES string of the molecule is O=C1CCCCC/C=C/CCCCCO1. The van der Waals surface area contributed by atoms with Crippen LogP contribution in [0.3, 0.4) is 0 Å². The lowest BCUT2D eigenvalue weighted by Crippen LogP contribution is -2.05. The second-order valence-electron chi connectivity index (χ2n) is 4.14. The number of hydrogen-bond acceptors (Lipinski definition) is 2. The van der Waals surface area contributed by atoms with Crippen molar-refractivity contribution in [3.63, 3.8) is 0 Å². The standard InChI is InChI=1S/C13H22O2/c14-13-11-9-7-5-3-1-2-4-6-8-10-12-15-13/h1-2H,3-12H2/b2-1+. The fourth-order valence-corrected chi connectivity index (χ4v) is 1.74. The number of carbonyl (C=O) groups excluding carboxylic acids is 1. The van der Waals surface area contributed by atoms with Crippen molar-refractivity contribution in [2.45, 2.75) is 57.8 Å². The van der Waals surface area contributed by atoms with Crippen LogP contribution in [0.25, 0.3) is 0 Å². The summed E-state index contributed by atoms with van der Waals surface area (Å²) in [5.41, 5.74) is 0. The van der Waals surface area contributed by atoms with Crippen molar-refractivity contribution in [3.8, 4) is 0 Å². The minimum atomic E-state index is -0.0115. The molecular formula is C13H22O2. The Balaban J connectivity index is 2.20. The van der Waals surface area contributed by atoms with Crippen molar-refractivity contribution in [2.24, 2.45) is 0 Å². The molecule has 0 spiro atoms. The molecule has 0 aromatic heterocycles. The van der Waals surface area contributed by atoms with Gasteiger partial charge < -0.3 is 4.74 Å². The summed E-state index contributed by atoms with van der Waals surface area (Å²) in [4.78, 5) is 11.2. The van der Waals surface area contributed by atoms with Crippen LogP contribution in [0, 0.1) is 0 Å². The molecule has 0 saturated heterocycles. The molecular weight excluding hydrogens is 188 g/mol. The highest BCUT2D eigenvalue weighted by atomic mass is 16.5. The zero-order valence-corrected chi connectivity index (χ0v) is 9.54. The predicted octanol–water partition coefficient (Wildman–Crippen LogP) is 3.61. The normalized spacial score (nSPS) is 23.9. The van der Waals surface area contributed by atoms with Crippen LogP contribution in [0.15, 0.2) is 12.2 Å². The van der Waals surface area contributed by atoms with E-state index in [-0.39, 0.29) is 5.97 Å². The number of rotatable bonds is 0. The van der Waals surface area contributed by atoms with Crippen LogP contribution in [0.4, 0.5) is 0 Å². The molecule has 0 aliphatic carbocycles. The first-order valence-corrected chi connectivity index (χ1v) is 6.20. The van der Waals surface area contributed by atoms with Gasteiger partial charge >= 0.3 is 5.97 Å². The first-order valence-electron chi connectivity index (χ1n) is 6.20. The maximum atomic E-state index is 11.2. The lowest BCUT2D eigenvalue weighted by Gasteiger charge is -2.05. The molecule has 1 heterocycles. The molecule has 1 aliphatic heterocycles. The van der Waals surface area contributed by atoms with Crippen molar-refractivity contribution in [1.82, 2.24) is 0 Å². The average Bonchev–Trinajstić information content (AvgIpc) is 2.24. The predicted molar refractivity (Wildman–Crippen MR) is 61.7 cm³/mol. The number of ether oxygens (including phenoxy) is 1. The van der Waals surface area contributed by atoms with Crippen LogP contribution < -0.4 is 0 Å². The average molecular weight is 210 g/mol. The Hall–Kier alpha value is -0.790. The van der Waals surface area contributed by atoms with Crippen molar-refractivity contribution in [2.75, 3.05) is 6.61 Å². The number of carbonyl (C=O) groups is 1. The van der Waals surface area contributed by atoms with Crippen LogP contribution in [0.5, 0.6) is 0 Å². The Bertz CT molecular complexity index is 197. The van der Waals surface area contributed by atoms with Crippen LogP contribution >= 0.6 is 0 Å². The summed E-state index contributed by atoms with van der Waals surface area (Å²) in [6.07, 6.45) is 14.2. The van der Waals surface area contributed by atoms with Crippen molar-refractivity contribution in [1.29, 1.82) is 0 Å². The molecule has 86 valence electrons. The highest BCUT2D eigenvalue weighted by molar-refractivity contribution is 5.69. The Kier molecular flexibility index (Phi) is 6.97. The summed E-state index contributed by atoms with van der Waals surface area (Å²) in [6.45, 7) is 0.614. The summed E-state index contributed by atoms with van der Waals surface area (Å²) in [5.74, 6) is -0.0115. The van der Waals surface area contributed by atoms with E-state index >= 15 is 0 Å². The number of hydrogen-bond donors (Lipinski definition) is 0. The highest BCUT2D eigenvalue weighted by Gasteiger charge is 2.02. The molecule has 0 unspecified atom stereocenters. The minimum absolute atomic E-state index is 0.0115. The van der Waals surface area contributed by atoms with Crippen molar-refractivity contribution in [3.05, 3.63) is 12.2 Å². The van der Waals surface area contributed by atoms with Crippen LogP contribution in [-0.2, 0) is 9.53 Å². The van der Waals surface area contributed by atoms with Crippen molar-refractivity contribution >= 4 is 5.97 Å². The molecule has 1 aliphatic rings. The summed E-state index contributed by atoms with van der Waals surface area (Å²) < 4.78 is 5.13. The molecule has 0 aromatic rings. The van der Waals surface area contributed by atoms with E-state index in [0.29, 0.717) is 13.0 Å². The third kappa shape index (κ3) is 7.18. The second-order valence-corrected chi connectivity index (χ2v) is 4.14. The minimum Gasteiger partial charge on any atom is -0.466 e. The fourth-order valence-electron chi connectivity index (χ4n) is 1.74.